The number of anilines is 1. The van der Waals surface area contributed by atoms with Crippen LogP contribution in [0.25, 0.3) is 5.82 Å². The van der Waals surface area contributed by atoms with E-state index in [1.54, 1.807) is 16.8 Å². The fraction of sp³-hybridized carbons (Fsp3) is 0.118. The van der Waals surface area contributed by atoms with Crippen LogP contribution in [-0.2, 0) is 0 Å². The number of rotatable bonds is 4. The molecule has 0 spiro atoms. The minimum absolute atomic E-state index is 0.0171. The summed E-state index contributed by atoms with van der Waals surface area (Å²) in [5.41, 5.74) is 2.06. The first kappa shape index (κ1) is 17.6. The molecule has 0 radical (unpaired) electrons. The molecule has 8 nitrogen and oxygen atoms in total. The molecule has 3 aromatic rings. The number of halogens is 1. The van der Waals surface area contributed by atoms with E-state index in [2.05, 4.69) is 15.4 Å². The predicted octanol–water partition coefficient (Wildman–Crippen LogP) is 3.70. The summed E-state index contributed by atoms with van der Waals surface area (Å²) in [4.78, 5) is 26.9. The first-order valence-electron chi connectivity index (χ1n) is 7.60. The zero-order valence-corrected chi connectivity index (χ0v) is 14.7. The van der Waals surface area contributed by atoms with Crippen molar-refractivity contribution in [2.75, 3.05) is 5.32 Å². The van der Waals surface area contributed by atoms with Crippen LogP contribution < -0.4 is 5.32 Å². The lowest BCUT2D eigenvalue weighted by molar-refractivity contribution is -0.384. The van der Waals surface area contributed by atoms with Gasteiger partial charge in [-0.2, -0.15) is 5.10 Å². The van der Waals surface area contributed by atoms with E-state index >= 15 is 0 Å². The van der Waals surface area contributed by atoms with Gasteiger partial charge in [0.1, 0.15) is 0 Å². The number of benzene rings is 1. The van der Waals surface area contributed by atoms with Gasteiger partial charge in [0.05, 0.1) is 33.1 Å². The second kappa shape index (κ2) is 6.93. The van der Waals surface area contributed by atoms with E-state index in [1.807, 2.05) is 19.9 Å². The van der Waals surface area contributed by atoms with Gasteiger partial charge in [0.15, 0.2) is 5.82 Å². The van der Waals surface area contributed by atoms with Crippen molar-refractivity contribution < 1.29 is 9.72 Å². The monoisotopic (exact) mass is 371 g/mol. The molecule has 2 aromatic heterocycles. The highest BCUT2D eigenvalue weighted by molar-refractivity contribution is 6.34. The maximum atomic E-state index is 12.4. The zero-order chi connectivity index (χ0) is 18.8. The van der Waals surface area contributed by atoms with Crippen LogP contribution in [0.1, 0.15) is 21.7 Å². The maximum absolute atomic E-state index is 12.4. The van der Waals surface area contributed by atoms with E-state index in [4.69, 9.17) is 11.6 Å². The van der Waals surface area contributed by atoms with Gasteiger partial charge in [0.25, 0.3) is 11.6 Å². The van der Waals surface area contributed by atoms with Crippen molar-refractivity contribution >= 4 is 28.9 Å². The highest BCUT2D eigenvalue weighted by Gasteiger charge is 2.16. The van der Waals surface area contributed by atoms with Gasteiger partial charge in [-0.1, -0.05) is 11.6 Å². The fourth-order valence-electron chi connectivity index (χ4n) is 2.45. The van der Waals surface area contributed by atoms with Crippen LogP contribution in [0.3, 0.4) is 0 Å². The van der Waals surface area contributed by atoms with Crippen molar-refractivity contribution in [1.29, 1.82) is 0 Å². The van der Waals surface area contributed by atoms with E-state index in [1.165, 1.54) is 18.3 Å². The van der Waals surface area contributed by atoms with Crippen LogP contribution in [0.15, 0.2) is 42.6 Å². The Balaban J connectivity index is 1.81. The largest absolute Gasteiger partial charge is 0.321 e. The quantitative estimate of drug-likeness (QED) is 0.556. The molecule has 0 atom stereocenters. The number of carbonyl (C=O) groups is 1. The molecule has 0 fully saturated rings. The number of nitrogens with zero attached hydrogens (tertiary/aromatic N) is 4. The van der Waals surface area contributed by atoms with Gasteiger partial charge in [-0.15, -0.1) is 0 Å². The number of amides is 1. The van der Waals surface area contributed by atoms with Crippen molar-refractivity contribution in [3.8, 4) is 5.82 Å². The summed E-state index contributed by atoms with van der Waals surface area (Å²) in [6, 6.07) is 9.01. The van der Waals surface area contributed by atoms with Gasteiger partial charge in [-0.25, -0.2) is 9.67 Å². The van der Waals surface area contributed by atoms with E-state index in [9.17, 15) is 14.9 Å². The van der Waals surface area contributed by atoms with E-state index in [-0.39, 0.29) is 16.3 Å². The fourth-order valence-corrected chi connectivity index (χ4v) is 2.65. The summed E-state index contributed by atoms with van der Waals surface area (Å²) >= 11 is 5.98. The molecule has 2 heterocycles. The average molecular weight is 372 g/mol. The molecule has 0 aliphatic carbocycles. The average Bonchev–Trinajstić information content (AvgIpc) is 2.94. The SMILES string of the molecule is Cc1cc(C)n(-c2ccc(NC(=O)c3cc([N+](=O)[O-])ccc3Cl)cn2)n1. The highest BCUT2D eigenvalue weighted by atomic mass is 35.5. The summed E-state index contributed by atoms with van der Waals surface area (Å²) in [5.74, 6) is 0.0568. The molecule has 1 amide bonds. The molecule has 132 valence electrons. The molecule has 0 saturated heterocycles. The lowest BCUT2D eigenvalue weighted by Crippen LogP contribution is -2.13. The Hall–Kier alpha value is -3.26. The van der Waals surface area contributed by atoms with Crippen LogP contribution in [-0.4, -0.2) is 25.6 Å². The summed E-state index contributed by atoms with van der Waals surface area (Å²) in [5, 5.41) is 18.0. The van der Waals surface area contributed by atoms with Crippen LogP contribution in [0.4, 0.5) is 11.4 Å². The summed E-state index contributed by atoms with van der Waals surface area (Å²) in [6.07, 6.45) is 1.48. The number of pyridine rings is 1. The number of nitro benzene ring substituents is 1. The number of carbonyl (C=O) groups excluding carboxylic acids is 1. The van der Waals surface area contributed by atoms with Crippen molar-refractivity contribution in [3.63, 3.8) is 0 Å². The van der Waals surface area contributed by atoms with Gasteiger partial charge in [0.2, 0.25) is 0 Å². The normalized spacial score (nSPS) is 10.6. The molecule has 0 aliphatic heterocycles. The number of nitrogens with one attached hydrogen (secondary N) is 1. The molecule has 26 heavy (non-hydrogen) atoms. The number of non-ortho nitro benzene ring substituents is 1. The standard InChI is InChI=1S/C17H14ClN5O3/c1-10-7-11(2)22(21-10)16-6-3-12(9-19-16)20-17(24)14-8-13(23(25)26)4-5-15(14)18/h3-9H,1-2H3,(H,20,24). The van der Waals surface area contributed by atoms with Gasteiger partial charge in [0, 0.05) is 17.8 Å². The minimum atomic E-state index is -0.585. The number of hydrogen-bond acceptors (Lipinski definition) is 5. The highest BCUT2D eigenvalue weighted by Crippen LogP contribution is 2.23. The first-order valence-corrected chi connectivity index (χ1v) is 7.98. The topological polar surface area (TPSA) is 103 Å². The molecule has 1 aromatic carbocycles. The molecule has 3 rings (SSSR count). The summed E-state index contributed by atoms with van der Waals surface area (Å²) < 4.78 is 1.69. The van der Waals surface area contributed by atoms with Crippen molar-refractivity contribution in [2.24, 2.45) is 0 Å². The Morgan fingerprint density at radius 1 is 1.23 bits per heavy atom. The smallest absolute Gasteiger partial charge is 0.270 e. The summed E-state index contributed by atoms with van der Waals surface area (Å²) in [7, 11) is 0. The van der Waals surface area contributed by atoms with Crippen molar-refractivity contribution in [2.45, 2.75) is 13.8 Å². The number of aryl methyl sites for hydroxylation is 2. The van der Waals surface area contributed by atoms with E-state index in [0.717, 1.165) is 17.5 Å². The predicted molar refractivity (Wildman–Crippen MR) is 96.9 cm³/mol. The minimum Gasteiger partial charge on any atom is -0.321 e. The second-order valence-electron chi connectivity index (χ2n) is 5.62. The number of aromatic nitrogens is 3. The van der Waals surface area contributed by atoms with Crippen LogP contribution in [0, 0.1) is 24.0 Å². The molecule has 0 saturated carbocycles. The second-order valence-corrected chi connectivity index (χ2v) is 6.03. The lowest BCUT2D eigenvalue weighted by atomic mass is 10.2. The van der Waals surface area contributed by atoms with Gasteiger partial charge in [-0.3, -0.25) is 14.9 Å². The number of hydrogen-bond donors (Lipinski definition) is 1. The number of nitro groups is 1. The van der Waals surface area contributed by atoms with Gasteiger partial charge < -0.3 is 5.32 Å². The van der Waals surface area contributed by atoms with Crippen LogP contribution in [0.2, 0.25) is 5.02 Å². The lowest BCUT2D eigenvalue weighted by Gasteiger charge is -2.08. The third-order valence-electron chi connectivity index (χ3n) is 3.64. The molecule has 9 heteroatoms. The Morgan fingerprint density at radius 2 is 2.00 bits per heavy atom. The van der Waals surface area contributed by atoms with Gasteiger partial charge in [-0.05, 0) is 38.1 Å². The van der Waals surface area contributed by atoms with Crippen molar-refractivity contribution in [3.05, 3.63) is 74.7 Å². The zero-order valence-electron chi connectivity index (χ0n) is 13.9. The molecule has 0 aliphatic rings. The molecule has 0 bridgehead atoms. The Bertz CT molecular complexity index is 998. The first-order chi connectivity index (χ1) is 12.3. The van der Waals surface area contributed by atoms with E-state index in [0.29, 0.717) is 11.5 Å². The van der Waals surface area contributed by atoms with E-state index < -0.39 is 10.8 Å². The molecular weight excluding hydrogens is 358 g/mol. The maximum Gasteiger partial charge on any atom is 0.270 e. The van der Waals surface area contributed by atoms with Crippen LogP contribution in [0.5, 0.6) is 0 Å². The molecule has 1 N–H and O–H groups in total. The Morgan fingerprint density at radius 3 is 2.58 bits per heavy atom. The third kappa shape index (κ3) is 3.55. The third-order valence-corrected chi connectivity index (χ3v) is 3.97. The van der Waals surface area contributed by atoms with Crippen molar-refractivity contribution in [1.82, 2.24) is 14.8 Å². The van der Waals surface area contributed by atoms with Crippen LogP contribution >= 0.6 is 11.6 Å². The Kier molecular flexibility index (Phi) is 4.68. The van der Waals surface area contributed by atoms with Gasteiger partial charge >= 0.3 is 0 Å². The summed E-state index contributed by atoms with van der Waals surface area (Å²) in [6.45, 7) is 3.81. The Labute approximate surface area is 153 Å². The molecule has 0 unspecified atom stereocenters. The molecular formula is C17H14ClN5O3.